The molecule has 0 bridgehead atoms. The van der Waals surface area contributed by atoms with Crippen LogP contribution in [0.1, 0.15) is 10.4 Å². The third-order valence-corrected chi connectivity index (χ3v) is 5.49. The summed E-state index contributed by atoms with van der Waals surface area (Å²) in [4.78, 5) is 39.4. The highest BCUT2D eigenvalue weighted by atomic mass is 35.5. The first-order valence-corrected chi connectivity index (χ1v) is 10.6. The average Bonchev–Trinajstić information content (AvgIpc) is 3.02. The zero-order valence-electron chi connectivity index (χ0n) is 17.6. The number of carbonyl (C=O) groups excluding carboxylic acids is 3. The highest BCUT2D eigenvalue weighted by Crippen LogP contribution is 2.37. The fourth-order valence-electron chi connectivity index (χ4n) is 3.34. The van der Waals surface area contributed by atoms with Gasteiger partial charge in [-0.15, -0.1) is 0 Å². The minimum Gasteiger partial charge on any atom is -0.508 e. The van der Waals surface area contributed by atoms with E-state index < -0.39 is 17.7 Å². The molecular formula is C24H17Cl2N3O5. The van der Waals surface area contributed by atoms with E-state index in [2.05, 4.69) is 10.6 Å². The topological polar surface area (TPSA) is 108 Å². The number of ether oxygens (including phenoxy) is 1. The van der Waals surface area contributed by atoms with Crippen molar-refractivity contribution >= 4 is 58.0 Å². The molecule has 0 radical (unpaired) electrons. The highest BCUT2D eigenvalue weighted by Gasteiger charge is 2.40. The molecule has 3 N–H and O–H groups in total. The van der Waals surface area contributed by atoms with E-state index >= 15 is 0 Å². The molecule has 0 saturated carbocycles. The van der Waals surface area contributed by atoms with E-state index in [0.29, 0.717) is 16.4 Å². The van der Waals surface area contributed by atoms with Crippen LogP contribution in [0.5, 0.6) is 11.5 Å². The molecule has 0 spiro atoms. The molecule has 1 aliphatic rings. The van der Waals surface area contributed by atoms with E-state index in [0.717, 1.165) is 4.90 Å². The van der Waals surface area contributed by atoms with Crippen LogP contribution in [0.3, 0.4) is 0 Å². The Kier molecular flexibility index (Phi) is 6.45. The van der Waals surface area contributed by atoms with Gasteiger partial charge in [-0.3, -0.25) is 14.4 Å². The van der Waals surface area contributed by atoms with Crippen molar-refractivity contribution < 1.29 is 24.2 Å². The quantitative estimate of drug-likeness (QED) is 0.424. The Hall–Kier alpha value is -4.01. The summed E-state index contributed by atoms with van der Waals surface area (Å²) < 4.78 is 5.25. The number of benzene rings is 3. The maximum absolute atomic E-state index is 13.1. The van der Waals surface area contributed by atoms with Gasteiger partial charge in [-0.25, -0.2) is 4.90 Å². The largest absolute Gasteiger partial charge is 0.508 e. The van der Waals surface area contributed by atoms with Crippen LogP contribution in [-0.4, -0.2) is 29.9 Å². The van der Waals surface area contributed by atoms with Crippen LogP contribution in [-0.2, 0) is 9.59 Å². The van der Waals surface area contributed by atoms with Crippen molar-refractivity contribution in [2.45, 2.75) is 0 Å². The lowest BCUT2D eigenvalue weighted by atomic mass is 10.1. The fraction of sp³-hybridized carbons (Fsp3) is 0.0417. The SMILES string of the molecule is COc1ccc(Cl)cc1N1C(=O)C(Cl)=C(Nc2cccc(C(=O)Nc3cccc(O)c3)c2)C1=O. The van der Waals surface area contributed by atoms with Gasteiger partial charge >= 0.3 is 0 Å². The third-order valence-electron chi connectivity index (χ3n) is 4.91. The molecule has 0 atom stereocenters. The first-order valence-electron chi connectivity index (χ1n) is 9.88. The fourth-order valence-corrected chi connectivity index (χ4v) is 3.72. The molecule has 172 valence electrons. The van der Waals surface area contributed by atoms with E-state index in [-0.39, 0.29) is 33.5 Å². The van der Waals surface area contributed by atoms with Gasteiger partial charge in [0.15, 0.2) is 0 Å². The lowest BCUT2D eigenvalue weighted by molar-refractivity contribution is -0.120. The molecule has 3 aromatic rings. The summed E-state index contributed by atoms with van der Waals surface area (Å²) in [5.41, 5.74) is 1.04. The number of amides is 3. The molecule has 0 unspecified atom stereocenters. The van der Waals surface area contributed by atoms with Crippen LogP contribution < -0.4 is 20.3 Å². The van der Waals surface area contributed by atoms with Crippen molar-refractivity contribution in [3.8, 4) is 11.5 Å². The second kappa shape index (κ2) is 9.46. The van der Waals surface area contributed by atoms with Gasteiger partial charge in [-0.2, -0.15) is 0 Å². The molecule has 3 aromatic carbocycles. The van der Waals surface area contributed by atoms with Gasteiger partial charge in [0.25, 0.3) is 17.7 Å². The van der Waals surface area contributed by atoms with E-state index in [1.165, 1.54) is 37.4 Å². The molecule has 1 aliphatic heterocycles. The Morgan fingerprint density at radius 3 is 2.41 bits per heavy atom. The van der Waals surface area contributed by atoms with Crippen LogP contribution in [0.2, 0.25) is 5.02 Å². The Morgan fingerprint density at radius 1 is 0.941 bits per heavy atom. The predicted molar refractivity (Wildman–Crippen MR) is 130 cm³/mol. The van der Waals surface area contributed by atoms with Gasteiger partial charge in [0.1, 0.15) is 22.2 Å². The Bertz CT molecular complexity index is 1360. The van der Waals surface area contributed by atoms with Crippen molar-refractivity contribution in [1.82, 2.24) is 0 Å². The number of nitrogens with zero attached hydrogens (tertiary/aromatic N) is 1. The van der Waals surface area contributed by atoms with Gasteiger partial charge < -0.3 is 20.5 Å². The summed E-state index contributed by atoms with van der Waals surface area (Å²) in [5, 5.41) is 15.1. The Morgan fingerprint density at radius 2 is 1.68 bits per heavy atom. The van der Waals surface area contributed by atoms with Gasteiger partial charge in [0.05, 0.1) is 12.8 Å². The number of rotatable bonds is 6. The summed E-state index contributed by atoms with van der Waals surface area (Å²) in [7, 11) is 1.40. The van der Waals surface area contributed by atoms with Crippen LogP contribution in [0.4, 0.5) is 17.1 Å². The molecule has 1 heterocycles. The lowest BCUT2D eigenvalue weighted by Crippen LogP contribution is -2.32. The maximum atomic E-state index is 13.1. The summed E-state index contributed by atoms with van der Waals surface area (Å²) >= 11 is 12.3. The third kappa shape index (κ3) is 4.54. The van der Waals surface area contributed by atoms with Gasteiger partial charge in [-0.05, 0) is 48.5 Å². The smallest absolute Gasteiger partial charge is 0.283 e. The number of aromatic hydroxyl groups is 1. The van der Waals surface area contributed by atoms with Crippen LogP contribution in [0.25, 0.3) is 0 Å². The Labute approximate surface area is 204 Å². The molecule has 0 aromatic heterocycles. The van der Waals surface area contributed by atoms with Gasteiger partial charge in [-0.1, -0.05) is 35.3 Å². The van der Waals surface area contributed by atoms with E-state index in [1.54, 1.807) is 36.4 Å². The lowest BCUT2D eigenvalue weighted by Gasteiger charge is -2.18. The zero-order chi connectivity index (χ0) is 24.4. The van der Waals surface area contributed by atoms with E-state index in [4.69, 9.17) is 27.9 Å². The van der Waals surface area contributed by atoms with Crippen LogP contribution in [0.15, 0.2) is 77.5 Å². The summed E-state index contributed by atoms with van der Waals surface area (Å²) in [5.74, 6) is -1.60. The first kappa shape index (κ1) is 23.2. The second-order valence-electron chi connectivity index (χ2n) is 7.16. The first-order chi connectivity index (χ1) is 16.3. The van der Waals surface area contributed by atoms with E-state index in [9.17, 15) is 19.5 Å². The van der Waals surface area contributed by atoms with Crippen molar-refractivity contribution in [2.75, 3.05) is 22.6 Å². The number of phenolic OH excluding ortho intramolecular Hbond substituents is 1. The number of imide groups is 1. The average molecular weight is 498 g/mol. The number of phenols is 1. The number of hydrogen-bond donors (Lipinski definition) is 3. The molecular weight excluding hydrogens is 481 g/mol. The van der Waals surface area contributed by atoms with Crippen molar-refractivity contribution in [3.63, 3.8) is 0 Å². The van der Waals surface area contributed by atoms with Gasteiger partial charge in [0.2, 0.25) is 0 Å². The predicted octanol–water partition coefficient (Wildman–Crippen LogP) is 4.74. The van der Waals surface area contributed by atoms with Crippen LogP contribution in [0, 0.1) is 0 Å². The number of anilines is 3. The molecule has 4 rings (SSSR count). The highest BCUT2D eigenvalue weighted by molar-refractivity contribution is 6.53. The summed E-state index contributed by atoms with van der Waals surface area (Å²) in [6, 6.07) is 16.9. The molecule has 0 aliphatic carbocycles. The normalized spacial score (nSPS) is 13.3. The minimum atomic E-state index is -0.743. The molecule has 10 heteroatoms. The van der Waals surface area contributed by atoms with Gasteiger partial charge in [0, 0.05) is 28.0 Å². The standard InChI is InChI=1S/C24H17Cl2N3O5/c1-34-19-9-8-14(25)11-18(19)29-23(32)20(26)21(24(29)33)27-15-5-2-4-13(10-15)22(31)28-16-6-3-7-17(30)12-16/h2-12,27,30H,1H3,(H,28,31). The van der Waals surface area contributed by atoms with E-state index in [1.807, 2.05) is 0 Å². The molecule has 8 nitrogen and oxygen atoms in total. The molecule has 34 heavy (non-hydrogen) atoms. The van der Waals surface area contributed by atoms with Crippen molar-refractivity contribution in [2.24, 2.45) is 0 Å². The minimum absolute atomic E-state index is 0.0140. The zero-order valence-corrected chi connectivity index (χ0v) is 19.1. The molecule has 0 saturated heterocycles. The number of halogens is 2. The summed E-state index contributed by atoms with van der Waals surface area (Å²) in [6.45, 7) is 0. The maximum Gasteiger partial charge on any atom is 0.283 e. The molecule has 3 amide bonds. The molecule has 0 fully saturated rings. The van der Waals surface area contributed by atoms with Crippen LogP contribution >= 0.6 is 23.2 Å². The van der Waals surface area contributed by atoms with Crippen molar-refractivity contribution in [3.05, 3.63) is 88.0 Å². The second-order valence-corrected chi connectivity index (χ2v) is 7.98. The number of methoxy groups -OCH3 is 1. The number of hydrogen-bond acceptors (Lipinski definition) is 6. The number of carbonyl (C=O) groups is 3. The Balaban J connectivity index is 1.57. The van der Waals surface area contributed by atoms with Crippen molar-refractivity contribution in [1.29, 1.82) is 0 Å². The summed E-state index contributed by atoms with van der Waals surface area (Å²) in [6.07, 6.45) is 0. The monoisotopic (exact) mass is 497 g/mol. The number of nitrogens with one attached hydrogen (secondary N) is 2.